The van der Waals surface area contributed by atoms with E-state index in [2.05, 4.69) is 15.1 Å². The lowest BCUT2D eigenvalue weighted by Gasteiger charge is -2.36. The number of carbonyl (C=O) groups excluding carboxylic acids is 1. The van der Waals surface area contributed by atoms with E-state index in [-0.39, 0.29) is 17.9 Å². The molecular weight excluding hydrogens is 354 g/mol. The van der Waals surface area contributed by atoms with Gasteiger partial charge in [0.1, 0.15) is 5.65 Å². The number of nitrogens with zero attached hydrogens (tertiary/aromatic N) is 3. The monoisotopic (exact) mass is 373 g/mol. The Balaban J connectivity index is 1.74. The Morgan fingerprint density at radius 1 is 1.35 bits per heavy atom. The van der Waals surface area contributed by atoms with Gasteiger partial charge in [0.25, 0.3) is 0 Å². The summed E-state index contributed by atoms with van der Waals surface area (Å²) in [7, 11) is -3.07. The highest BCUT2D eigenvalue weighted by molar-refractivity contribution is 7.91. The zero-order chi connectivity index (χ0) is 18.4. The Bertz CT molecular complexity index is 1070. The van der Waals surface area contributed by atoms with Gasteiger partial charge >= 0.3 is 0 Å². The number of hydrogen-bond donors (Lipinski definition) is 2. The number of nitrogens with two attached hydrogens (primary N) is 1. The maximum absolute atomic E-state index is 11.8. The number of primary amides is 1. The van der Waals surface area contributed by atoms with Gasteiger partial charge in [-0.2, -0.15) is 5.10 Å². The molecule has 136 valence electrons. The lowest BCUT2D eigenvalue weighted by atomic mass is 9.88. The summed E-state index contributed by atoms with van der Waals surface area (Å²) in [6.45, 7) is 0. The molecule has 3 aromatic heterocycles. The van der Waals surface area contributed by atoms with Crippen LogP contribution >= 0.6 is 0 Å². The van der Waals surface area contributed by atoms with Crippen LogP contribution < -0.4 is 5.73 Å². The molecule has 0 atom stereocenters. The number of pyridine rings is 1. The minimum Gasteiger partial charge on any atom is -0.370 e. The van der Waals surface area contributed by atoms with E-state index in [4.69, 9.17) is 5.73 Å². The van der Waals surface area contributed by atoms with Crippen molar-refractivity contribution in [2.24, 2.45) is 5.73 Å². The molecule has 1 aliphatic rings. The third-order valence-electron chi connectivity index (χ3n) is 5.09. The molecule has 3 N–H and O–H groups in total. The first-order valence-electron chi connectivity index (χ1n) is 8.35. The van der Waals surface area contributed by atoms with Crippen LogP contribution in [0.5, 0.6) is 0 Å². The first kappa shape index (κ1) is 16.8. The zero-order valence-corrected chi connectivity index (χ0v) is 14.9. The third kappa shape index (κ3) is 2.88. The summed E-state index contributed by atoms with van der Waals surface area (Å²) in [6.07, 6.45) is 7.89. The van der Waals surface area contributed by atoms with E-state index in [0.717, 1.165) is 22.2 Å². The second-order valence-electron chi connectivity index (χ2n) is 6.79. The number of nitrogens with one attached hydrogen (secondary N) is 1. The van der Waals surface area contributed by atoms with E-state index in [0.29, 0.717) is 12.8 Å². The molecule has 0 saturated carbocycles. The Morgan fingerprint density at radius 2 is 2.12 bits per heavy atom. The lowest BCUT2D eigenvalue weighted by molar-refractivity contribution is -0.120. The van der Waals surface area contributed by atoms with Crippen molar-refractivity contribution in [3.05, 3.63) is 36.9 Å². The van der Waals surface area contributed by atoms with E-state index in [1.165, 1.54) is 0 Å². The number of sulfone groups is 1. The molecule has 26 heavy (non-hydrogen) atoms. The summed E-state index contributed by atoms with van der Waals surface area (Å²) in [5.41, 5.74) is 7.37. The predicted octanol–water partition coefficient (Wildman–Crippen LogP) is 1.21. The largest absolute Gasteiger partial charge is 0.370 e. The van der Waals surface area contributed by atoms with Crippen LogP contribution in [0.4, 0.5) is 0 Å². The van der Waals surface area contributed by atoms with Gasteiger partial charge in [-0.3, -0.25) is 9.48 Å². The predicted molar refractivity (Wildman–Crippen MR) is 97.0 cm³/mol. The van der Waals surface area contributed by atoms with Crippen molar-refractivity contribution in [3.8, 4) is 11.1 Å². The topological polar surface area (TPSA) is 124 Å². The average molecular weight is 373 g/mol. The number of aromatic amines is 1. The summed E-state index contributed by atoms with van der Waals surface area (Å²) < 4.78 is 25.4. The summed E-state index contributed by atoms with van der Waals surface area (Å²) in [4.78, 5) is 19.0. The summed E-state index contributed by atoms with van der Waals surface area (Å²) >= 11 is 0. The normalized spacial score (nSPS) is 18.8. The minimum atomic E-state index is -3.07. The number of H-pyrrole nitrogens is 1. The van der Waals surface area contributed by atoms with Gasteiger partial charge in [0.15, 0.2) is 9.84 Å². The molecule has 0 aromatic carbocycles. The molecule has 1 saturated heterocycles. The van der Waals surface area contributed by atoms with Crippen LogP contribution in [0.1, 0.15) is 19.3 Å². The van der Waals surface area contributed by atoms with Crippen LogP contribution in [0.2, 0.25) is 0 Å². The molecule has 1 amide bonds. The molecule has 0 aliphatic carbocycles. The Labute approximate surface area is 150 Å². The Hall–Kier alpha value is -2.68. The fourth-order valence-corrected chi connectivity index (χ4v) is 5.23. The highest BCUT2D eigenvalue weighted by Crippen LogP contribution is 2.36. The van der Waals surface area contributed by atoms with Crippen molar-refractivity contribution in [2.75, 3.05) is 11.5 Å². The standard InChI is InChI=1S/C17H19N5O3S/c18-15(23)8-17(3-6-26(24,25)7-4-17)22-11-12(9-21-22)14-10-20-16-13(14)2-1-5-19-16/h1-2,5,9-11H,3-4,6-8H2,(H2,18,23)(H,19,20). The molecule has 0 spiro atoms. The second-order valence-corrected chi connectivity index (χ2v) is 9.10. The van der Waals surface area contributed by atoms with Gasteiger partial charge in [0, 0.05) is 35.1 Å². The van der Waals surface area contributed by atoms with Gasteiger partial charge < -0.3 is 10.7 Å². The molecule has 3 aromatic rings. The van der Waals surface area contributed by atoms with Crippen LogP contribution in [0, 0.1) is 0 Å². The van der Waals surface area contributed by atoms with E-state index in [9.17, 15) is 13.2 Å². The number of carbonyl (C=O) groups is 1. The fraction of sp³-hybridized carbons (Fsp3) is 0.353. The van der Waals surface area contributed by atoms with E-state index in [1.54, 1.807) is 17.1 Å². The SMILES string of the molecule is NC(=O)CC1(n2cc(-c3c[nH]c4ncccc34)cn2)CCS(=O)(=O)CC1. The van der Waals surface area contributed by atoms with Crippen molar-refractivity contribution in [2.45, 2.75) is 24.8 Å². The number of aromatic nitrogens is 4. The van der Waals surface area contributed by atoms with Gasteiger partial charge in [-0.1, -0.05) is 0 Å². The number of fused-ring (bicyclic) bond motifs is 1. The van der Waals surface area contributed by atoms with Crippen LogP contribution in [-0.4, -0.2) is 45.6 Å². The lowest BCUT2D eigenvalue weighted by Crippen LogP contribution is -2.45. The van der Waals surface area contributed by atoms with Crippen LogP contribution in [0.15, 0.2) is 36.9 Å². The van der Waals surface area contributed by atoms with E-state index in [1.807, 2.05) is 24.5 Å². The van der Waals surface area contributed by atoms with Crippen molar-refractivity contribution >= 4 is 26.8 Å². The Kier molecular flexibility index (Phi) is 3.83. The molecule has 8 nitrogen and oxygen atoms in total. The average Bonchev–Trinajstić information content (AvgIpc) is 3.23. The molecule has 1 aliphatic heterocycles. The maximum Gasteiger partial charge on any atom is 0.219 e. The number of rotatable bonds is 4. The maximum atomic E-state index is 11.8. The molecule has 4 rings (SSSR count). The summed E-state index contributed by atoms with van der Waals surface area (Å²) in [5.74, 6) is -0.392. The zero-order valence-electron chi connectivity index (χ0n) is 14.1. The van der Waals surface area contributed by atoms with Crippen molar-refractivity contribution < 1.29 is 13.2 Å². The molecule has 1 fully saturated rings. The van der Waals surface area contributed by atoms with Crippen LogP contribution in [0.3, 0.4) is 0 Å². The molecule has 0 unspecified atom stereocenters. The third-order valence-corrected chi connectivity index (χ3v) is 6.74. The number of hydrogen-bond acceptors (Lipinski definition) is 5. The molecule has 0 radical (unpaired) electrons. The summed E-state index contributed by atoms with van der Waals surface area (Å²) in [6, 6.07) is 3.84. The quantitative estimate of drug-likeness (QED) is 0.711. The van der Waals surface area contributed by atoms with Crippen LogP contribution in [0.25, 0.3) is 22.2 Å². The van der Waals surface area contributed by atoms with E-state index < -0.39 is 21.3 Å². The molecule has 4 heterocycles. The van der Waals surface area contributed by atoms with Gasteiger partial charge in [-0.15, -0.1) is 0 Å². The smallest absolute Gasteiger partial charge is 0.219 e. The van der Waals surface area contributed by atoms with Gasteiger partial charge in [0.05, 0.1) is 29.7 Å². The van der Waals surface area contributed by atoms with Gasteiger partial charge in [-0.05, 0) is 25.0 Å². The van der Waals surface area contributed by atoms with Gasteiger partial charge in [-0.25, -0.2) is 13.4 Å². The molecular formula is C17H19N5O3S. The first-order valence-corrected chi connectivity index (χ1v) is 10.2. The summed E-state index contributed by atoms with van der Waals surface area (Å²) in [5, 5.41) is 5.43. The fourth-order valence-electron chi connectivity index (χ4n) is 3.65. The Morgan fingerprint density at radius 3 is 2.85 bits per heavy atom. The minimum absolute atomic E-state index is 0.0342. The molecule has 9 heteroatoms. The second kappa shape index (κ2) is 5.94. The van der Waals surface area contributed by atoms with Crippen molar-refractivity contribution in [3.63, 3.8) is 0 Å². The van der Waals surface area contributed by atoms with Crippen molar-refractivity contribution in [1.29, 1.82) is 0 Å². The van der Waals surface area contributed by atoms with E-state index >= 15 is 0 Å². The molecule has 0 bridgehead atoms. The number of amides is 1. The van der Waals surface area contributed by atoms with Crippen LogP contribution in [-0.2, 0) is 20.2 Å². The van der Waals surface area contributed by atoms with Crippen molar-refractivity contribution in [1.82, 2.24) is 19.7 Å². The highest BCUT2D eigenvalue weighted by atomic mass is 32.2. The van der Waals surface area contributed by atoms with Gasteiger partial charge in [0.2, 0.25) is 5.91 Å². The highest BCUT2D eigenvalue weighted by Gasteiger charge is 2.41. The first-order chi connectivity index (χ1) is 12.4.